The molecule has 4 heteroatoms. The van der Waals surface area contributed by atoms with E-state index in [2.05, 4.69) is 33.8 Å². The molecule has 0 aliphatic heterocycles. The minimum atomic E-state index is -3.67. The fourth-order valence-electron chi connectivity index (χ4n) is 3.58. The van der Waals surface area contributed by atoms with Gasteiger partial charge in [0.1, 0.15) is 0 Å². The zero-order valence-corrected chi connectivity index (χ0v) is 20.0. The second kappa shape index (κ2) is 12.8. The molecule has 0 aromatic heterocycles. The maximum atomic E-state index is 10.5. The Morgan fingerprint density at radius 3 is 1.82 bits per heavy atom. The van der Waals surface area contributed by atoms with Crippen molar-refractivity contribution in [2.45, 2.75) is 111 Å². The molecule has 0 heterocycles. The normalized spacial score (nSPS) is 13.0. The third kappa shape index (κ3) is 10.8. The van der Waals surface area contributed by atoms with Crippen LogP contribution in [0.2, 0.25) is 0 Å². The number of benzene rings is 1. The summed E-state index contributed by atoms with van der Waals surface area (Å²) in [5.74, 6) is 0.632. The molecular weight excluding hydrogens is 367 g/mol. The van der Waals surface area contributed by atoms with E-state index in [-0.39, 0.29) is 5.41 Å². The van der Waals surface area contributed by atoms with E-state index in [1.165, 1.54) is 57.8 Å². The summed E-state index contributed by atoms with van der Waals surface area (Å²) in [6, 6.07) is 6.02. The van der Waals surface area contributed by atoms with Crippen molar-refractivity contribution >= 4 is 7.94 Å². The van der Waals surface area contributed by atoms with Crippen LogP contribution in [0.25, 0.3) is 0 Å². The molecule has 0 saturated heterocycles. The molecule has 0 saturated carbocycles. The third-order valence-electron chi connectivity index (χ3n) is 5.32. The second-order valence-electron chi connectivity index (χ2n) is 9.38. The molecule has 3 nitrogen and oxygen atoms in total. The van der Waals surface area contributed by atoms with Crippen molar-refractivity contribution in [2.75, 3.05) is 6.16 Å². The Hall–Kier alpha value is -0.630. The molecule has 28 heavy (non-hydrogen) atoms. The van der Waals surface area contributed by atoms with Gasteiger partial charge in [0.05, 0.1) is 0 Å². The van der Waals surface area contributed by atoms with Crippen molar-refractivity contribution in [1.82, 2.24) is 0 Å². The van der Waals surface area contributed by atoms with Crippen molar-refractivity contribution in [3.63, 3.8) is 0 Å². The van der Waals surface area contributed by atoms with Gasteiger partial charge in [0.25, 0.3) is 0 Å². The van der Waals surface area contributed by atoms with Gasteiger partial charge < -0.3 is 0 Å². The van der Waals surface area contributed by atoms with E-state index in [4.69, 9.17) is 4.52 Å². The van der Waals surface area contributed by atoms with Crippen LogP contribution in [0.4, 0.5) is 0 Å². The first-order valence-corrected chi connectivity index (χ1v) is 13.4. The molecule has 2 N–H and O–H groups in total. The third-order valence-corrected chi connectivity index (χ3v) is 6.88. The average Bonchev–Trinajstić information content (AvgIpc) is 2.58. The molecule has 0 unspecified atom stereocenters. The Bertz CT molecular complexity index is 549. The van der Waals surface area contributed by atoms with E-state index < -0.39 is 7.94 Å². The van der Waals surface area contributed by atoms with Gasteiger partial charge in [-0.2, -0.15) is 0 Å². The molecule has 0 spiro atoms. The minimum absolute atomic E-state index is 0.0932. The Morgan fingerprint density at radius 1 is 0.821 bits per heavy atom. The summed E-state index contributed by atoms with van der Waals surface area (Å²) in [5, 5.41) is 0. The monoisotopic (exact) mass is 412 g/mol. The van der Waals surface area contributed by atoms with Crippen LogP contribution in [0, 0.1) is 6.92 Å². The van der Waals surface area contributed by atoms with Crippen molar-refractivity contribution in [2.24, 2.45) is 0 Å². The maximum absolute atomic E-state index is 10.5. The number of hydrogen-bond acceptors (Lipinski definition) is 3. The van der Waals surface area contributed by atoms with E-state index in [1.807, 2.05) is 19.1 Å². The van der Waals surface area contributed by atoms with E-state index in [0.29, 0.717) is 11.9 Å². The van der Waals surface area contributed by atoms with Gasteiger partial charge in [-0.1, -0.05) is 6.92 Å². The fraction of sp³-hybridized carbons (Fsp3) is 0.750. The molecular formula is C24H45O3P. The van der Waals surface area contributed by atoms with Gasteiger partial charge in [0, 0.05) is 0 Å². The Kier molecular flexibility index (Phi) is 11.6. The molecule has 0 atom stereocenters. The number of rotatable bonds is 14. The zero-order chi connectivity index (χ0) is 21.0. The van der Waals surface area contributed by atoms with Gasteiger partial charge in [-0.15, -0.1) is 0 Å². The van der Waals surface area contributed by atoms with Crippen LogP contribution in [0.1, 0.15) is 109 Å². The Balaban J connectivity index is 2.29. The van der Waals surface area contributed by atoms with E-state index in [1.54, 1.807) is 0 Å². The molecule has 1 aromatic carbocycles. The predicted molar refractivity (Wildman–Crippen MR) is 125 cm³/mol. The van der Waals surface area contributed by atoms with Crippen molar-refractivity contribution < 1.29 is 14.3 Å². The van der Waals surface area contributed by atoms with Crippen molar-refractivity contribution in [3.05, 3.63) is 29.3 Å². The van der Waals surface area contributed by atoms with E-state index in [9.17, 15) is 9.79 Å². The van der Waals surface area contributed by atoms with Gasteiger partial charge in [0.15, 0.2) is 0 Å². The average molecular weight is 413 g/mol. The van der Waals surface area contributed by atoms with Crippen molar-refractivity contribution in [1.29, 1.82) is 0 Å². The van der Waals surface area contributed by atoms with Crippen LogP contribution >= 0.6 is 7.94 Å². The van der Waals surface area contributed by atoms with Gasteiger partial charge in [-0.05, 0) is 0 Å². The van der Waals surface area contributed by atoms with Gasteiger partial charge in [0.2, 0.25) is 0 Å². The summed E-state index contributed by atoms with van der Waals surface area (Å²) in [6.45, 7) is 10.6. The van der Waals surface area contributed by atoms with Gasteiger partial charge >= 0.3 is 167 Å². The number of unbranched alkanes of at least 4 members (excludes halogenated alkanes) is 10. The van der Waals surface area contributed by atoms with Crippen LogP contribution in [0.15, 0.2) is 18.2 Å². The standard InChI is InChI=1S/C24H45O3P/c1-6-7-8-9-10-11-12-13-14-15-16-19-28(25,26)27-23-20-21(2)17-18-22(23)24(3,4)5/h17-18,20,25-26,28H,6-16,19H2,1-5H3. The second-order valence-corrected chi connectivity index (χ2v) is 11.6. The predicted octanol–water partition coefficient (Wildman–Crippen LogP) is 7.46. The first-order valence-electron chi connectivity index (χ1n) is 11.4. The molecule has 1 rings (SSSR count). The van der Waals surface area contributed by atoms with Crippen LogP contribution in [0.5, 0.6) is 5.75 Å². The van der Waals surface area contributed by atoms with E-state index >= 15 is 0 Å². The Labute approximate surface area is 174 Å². The van der Waals surface area contributed by atoms with E-state index in [0.717, 1.165) is 24.0 Å². The quantitative estimate of drug-likeness (QED) is 0.246. The summed E-state index contributed by atoms with van der Waals surface area (Å²) >= 11 is 0. The fourth-order valence-corrected chi connectivity index (χ4v) is 4.91. The Morgan fingerprint density at radius 2 is 1.32 bits per heavy atom. The summed E-state index contributed by atoms with van der Waals surface area (Å²) in [6.07, 6.45) is 14.1. The molecule has 0 bridgehead atoms. The van der Waals surface area contributed by atoms with Crippen LogP contribution in [0.3, 0.4) is 0 Å². The topological polar surface area (TPSA) is 49.7 Å². The van der Waals surface area contributed by atoms with Gasteiger partial charge in [-0.25, -0.2) is 0 Å². The van der Waals surface area contributed by atoms with Crippen molar-refractivity contribution in [3.8, 4) is 5.75 Å². The summed E-state index contributed by atoms with van der Waals surface area (Å²) < 4.78 is 5.78. The molecule has 0 fully saturated rings. The SMILES string of the molecule is CCCCCCCCCCCCC[PH](O)(O)Oc1cc(C)ccc1C(C)(C)C. The van der Waals surface area contributed by atoms with Crippen LogP contribution in [-0.4, -0.2) is 15.9 Å². The number of hydrogen-bond donors (Lipinski definition) is 2. The molecule has 164 valence electrons. The summed E-state index contributed by atoms with van der Waals surface area (Å²) in [7, 11) is -3.67. The van der Waals surface area contributed by atoms with Crippen LogP contribution in [-0.2, 0) is 5.41 Å². The molecule has 0 amide bonds. The first kappa shape index (κ1) is 25.4. The molecule has 0 aliphatic rings. The molecule has 0 aliphatic carbocycles. The van der Waals surface area contributed by atoms with Crippen LogP contribution < -0.4 is 4.52 Å². The summed E-state index contributed by atoms with van der Waals surface area (Å²) in [4.78, 5) is 20.9. The molecule has 0 radical (unpaired) electrons. The number of aryl methyl sites for hydroxylation is 1. The summed E-state index contributed by atoms with van der Waals surface area (Å²) in [5.41, 5.74) is 2.00. The van der Waals surface area contributed by atoms with Gasteiger partial charge in [-0.3, -0.25) is 0 Å². The zero-order valence-electron chi connectivity index (χ0n) is 19.0. The first-order chi connectivity index (χ1) is 13.2. The molecule has 1 aromatic rings.